The van der Waals surface area contributed by atoms with Gasteiger partial charge in [0.1, 0.15) is 5.75 Å². The van der Waals surface area contributed by atoms with Gasteiger partial charge in [0, 0.05) is 23.8 Å². The summed E-state index contributed by atoms with van der Waals surface area (Å²) in [5.41, 5.74) is 2.29. The van der Waals surface area contributed by atoms with Gasteiger partial charge in [-0.25, -0.2) is 0 Å². The molecule has 0 aliphatic carbocycles. The average Bonchev–Trinajstić information content (AvgIpc) is 2.65. The second-order valence-corrected chi connectivity index (χ2v) is 6.87. The lowest BCUT2D eigenvalue weighted by molar-refractivity contribution is -0.0498. The van der Waals surface area contributed by atoms with Crippen LogP contribution in [0.25, 0.3) is 0 Å². The monoisotopic (exact) mass is 374 g/mol. The SMILES string of the molecule is C[C@@H]1CCCCN1Cc1ccc(NC(=O)c2ccc(OC(F)F)cc2)cc1. The Kier molecular flexibility index (Phi) is 6.40. The van der Waals surface area contributed by atoms with Gasteiger partial charge in [0.25, 0.3) is 5.91 Å². The first kappa shape index (κ1) is 19.3. The van der Waals surface area contributed by atoms with Gasteiger partial charge in [-0.3, -0.25) is 9.69 Å². The lowest BCUT2D eigenvalue weighted by Gasteiger charge is -2.33. The van der Waals surface area contributed by atoms with Crippen molar-refractivity contribution in [3.63, 3.8) is 0 Å². The summed E-state index contributed by atoms with van der Waals surface area (Å²) in [4.78, 5) is 14.8. The number of carbonyl (C=O) groups is 1. The molecule has 144 valence electrons. The maximum Gasteiger partial charge on any atom is 0.387 e. The van der Waals surface area contributed by atoms with Gasteiger partial charge in [-0.15, -0.1) is 0 Å². The molecule has 4 nitrogen and oxygen atoms in total. The summed E-state index contributed by atoms with van der Waals surface area (Å²) in [6.45, 7) is 1.44. The summed E-state index contributed by atoms with van der Waals surface area (Å²) < 4.78 is 28.6. The van der Waals surface area contributed by atoms with E-state index in [1.165, 1.54) is 49.1 Å². The van der Waals surface area contributed by atoms with Gasteiger partial charge in [0.05, 0.1) is 0 Å². The molecule has 1 fully saturated rings. The van der Waals surface area contributed by atoms with E-state index in [-0.39, 0.29) is 11.7 Å². The zero-order valence-corrected chi connectivity index (χ0v) is 15.3. The minimum atomic E-state index is -2.88. The summed E-state index contributed by atoms with van der Waals surface area (Å²) in [6.07, 6.45) is 3.80. The Morgan fingerprint density at radius 2 is 1.85 bits per heavy atom. The molecule has 6 heteroatoms. The van der Waals surface area contributed by atoms with Crippen LogP contribution in [0, 0.1) is 0 Å². The quantitative estimate of drug-likeness (QED) is 0.781. The maximum absolute atomic E-state index is 12.3. The van der Waals surface area contributed by atoms with Crippen molar-refractivity contribution in [2.75, 3.05) is 11.9 Å². The van der Waals surface area contributed by atoms with Gasteiger partial charge >= 0.3 is 6.61 Å². The molecule has 1 aliphatic rings. The fourth-order valence-corrected chi connectivity index (χ4v) is 3.31. The van der Waals surface area contributed by atoms with Gasteiger partial charge < -0.3 is 10.1 Å². The average molecular weight is 374 g/mol. The lowest BCUT2D eigenvalue weighted by Crippen LogP contribution is -2.36. The number of nitrogens with one attached hydrogen (secondary N) is 1. The molecule has 0 spiro atoms. The first-order valence-electron chi connectivity index (χ1n) is 9.20. The first-order valence-corrected chi connectivity index (χ1v) is 9.20. The molecule has 0 unspecified atom stereocenters. The molecular weight excluding hydrogens is 350 g/mol. The Morgan fingerprint density at radius 3 is 2.48 bits per heavy atom. The number of benzene rings is 2. The molecule has 1 heterocycles. The molecule has 2 aromatic rings. The third kappa shape index (κ3) is 5.50. The minimum Gasteiger partial charge on any atom is -0.435 e. The second-order valence-electron chi connectivity index (χ2n) is 6.87. The largest absolute Gasteiger partial charge is 0.435 e. The van der Waals surface area contributed by atoms with Gasteiger partial charge in [-0.1, -0.05) is 18.6 Å². The minimum absolute atomic E-state index is 0.0258. The van der Waals surface area contributed by atoms with E-state index in [2.05, 4.69) is 21.9 Å². The molecule has 1 amide bonds. The van der Waals surface area contributed by atoms with Crippen LogP contribution in [0.4, 0.5) is 14.5 Å². The summed E-state index contributed by atoms with van der Waals surface area (Å²) in [7, 11) is 0. The highest BCUT2D eigenvalue weighted by Crippen LogP contribution is 2.20. The Labute approximate surface area is 158 Å². The van der Waals surface area contributed by atoms with Gasteiger partial charge in [0.15, 0.2) is 0 Å². The molecule has 0 bridgehead atoms. The molecule has 0 saturated carbocycles. The highest BCUT2D eigenvalue weighted by atomic mass is 19.3. The fourth-order valence-electron chi connectivity index (χ4n) is 3.31. The highest BCUT2D eigenvalue weighted by Gasteiger charge is 2.18. The zero-order chi connectivity index (χ0) is 19.2. The van der Waals surface area contributed by atoms with E-state index in [0.717, 1.165) is 13.1 Å². The molecule has 2 aromatic carbocycles. The van der Waals surface area contributed by atoms with Crippen LogP contribution < -0.4 is 10.1 Å². The van der Waals surface area contributed by atoms with Crippen molar-refractivity contribution in [2.24, 2.45) is 0 Å². The number of likely N-dealkylation sites (tertiary alicyclic amines) is 1. The van der Waals surface area contributed by atoms with Crippen molar-refractivity contribution in [3.05, 3.63) is 59.7 Å². The smallest absolute Gasteiger partial charge is 0.387 e. The Balaban J connectivity index is 1.56. The maximum atomic E-state index is 12.3. The molecule has 3 rings (SSSR count). The van der Waals surface area contributed by atoms with Crippen molar-refractivity contribution in [1.29, 1.82) is 0 Å². The summed E-state index contributed by atoms with van der Waals surface area (Å²) >= 11 is 0. The summed E-state index contributed by atoms with van der Waals surface area (Å²) in [5, 5.41) is 2.82. The van der Waals surface area contributed by atoms with Gasteiger partial charge in [0.2, 0.25) is 0 Å². The number of hydrogen-bond donors (Lipinski definition) is 1. The number of alkyl halides is 2. The second kappa shape index (κ2) is 8.95. The molecule has 27 heavy (non-hydrogen) atoms. The van der Waals surface area contributed by atoms with E-state index in [1.54, 1.807) is 0 Å². The predicted octanol–water partition coefficient (Wildman–Crippen LogP) is 4.91. The van der Waals surface area contributed by atoms with Crippen LogP contribution in [-0.4, -0.2) is 30.0 Å². The van der Waals surface area contributed by atoms with E-state index >= 15 is 0 Å². The molecule has 1 saturated heterocycles. The van der Waals surface area contributed by atoms with E-state index in [4.69, 9.17) is 0 Å². The van der Waals surface area contributed by atoms with Crippen LogP contribution in [-0.2, 0) is 6.54 Å². The third-order valence-corrected chi connectivity index (χ3v) is 4.88. The van der Waals surface area contributed by atoms with Crippen LogP contribution in [0.1, 0.15) is 42.1 Å². The molecule has 1 atom stereocenters. The number of amides is 1. The van der Waals surface area contributed by atoms with Crippen LogP contribution in [0.5, 0.6) is 5.75 Å². The number of carbonyl (C=O) groups excluding carboxylic acids is 1. The number of ether oxygens (including phenoxy) is 1. The van der Waals surface area contributed by atoms with Crippen molar-refractivity contribution in [2.45, 2.75) is 45.4 Å². The van der Waals surface area contributed by atoms with E-state index in [9.17, 15) is 13.6 Å². The molecule has 0 aromatic heterocycles. The van der Waals surface area contributed by atoms with E-state index in [1.807, 2.05) is 24.3 Å². The number of piperidine rings is 1. The third-order valence-electron chi connectivity index (χ3n) is 4.88. The molecule has 1 N–H and O–H groups in total. The predicted molar refractivity (Wildman–Crippen MR) is 101 cm³/mol. The highest BCUT2D eigenvalue weighted by molar-refractivity contribution is 6.04. The molecule has 0 radical (unpaired) electrons. The lowest BCUT2D eigenvalue weighted by atomic mass is 10.0. The summed E-state index contributed by atoms with van der Waals surface area (Å²) in [6, 6.07) is 14.0. The standard InChI is InChI=1S/C21H24F2N2O2/c1-15-4-2-3-13-25(15)14-16-5-9-18(10-6-16)24-20(26)17-7-11-19(12-8-17)27-21(22)23/h5-12,15,21H,2-4,13-14H2,1H3,(H,24,26)/t15-/m1/s1. The summed E-state index contributed by atoms with van der Waals surface area (Å²) in [5.74, 6) is -0.270. The van der Waals surface area contributed by atoms with Crippen molar-refractivity contribution >= 4 is 11.6 Å². The Bertz CT molecular complexity index is 748. The first-order chi connectivity index (χ1) is 13.0. The van der Waals surface area contributed by atoms with Crippen molar-refractivity contribution in [1.82, 2.24) is 4.90 Å². The molecular formula is C21H24F2N2O2. The molecule has 1 aliphatic heterocycles. The normalized spacial score (nSPS) is 17.7. The van der Waals surface area contributed by atoms with Gasteiger partial charge in [-0.2, -0.15) is 8.78 Å². The van der Waals surface area contributed by atoms with Crippen LogP contribution in [0.3, 0.4) is 0 Å². The Hall–Kier alpha value is -2.47. The van der Waals surface area contributed by atoms with Crippen LogP contribution in [0.15, 0.2) is 48.5 Å². The fraction of sp³-hybridized carbons (Fsp3) is 0.381. The van der Waals surface area contributed by atoms with Crippen molar-refractivity contribution in [3.8, 4) is 5.75 Å². The number of anilines is 1. The Morgan fingerprint density at radius 1 is 1.15 bits per heavy atom. The number of hydrogen-bond acceptors (Lipinski definition) is 3. The number of nitrogens with zero attached hydrogens (tertiary/aromatic N) is 1. The van der Waals surface area contributed by atoms with Crippen molar-refractivity contribution < 1.29 is 18.3 Å². The number of rotatable bonds is 6. The van der Waals surface area contributed by atoms with E-state index in [0.29, 0.717) is 17.3 Å². The zero-order valence-electron chi connectivity index (χ0n) is 15.3. The van der Waals surface area contributed by atoms with E-state index < -0.39 is 6.61 Å². The van der Waals surface area contributed by atoms with Gasteiger partial charge in [-0.05, 0) is 68.3 Å². The topological polar surface area (TPSA) is 41.6 Å². The van der Waals surface area contributed by atoms with Crippen LogP contribution in [0.2, 0.25) is 0 Å². The van der Waals surface area contributed by atoms with Crippen LogP contribution >= 0.6 is 0 Å². The number of halogens is 2.